The van der Waals surface area contributed by atoms with Gasteiger partial charge in [-0.05, 0) is 24.8 Å². The van der Waals surface area contributed by atoms with Crippen LogP contribution in [0, 0.1) is 5.41 Å². The van der Waals surface area contributed by atoms with Crippen molar-refractivity contribution in [3.05, 3.63) is 11.1 Å². The molecule has 0 unspecified atom stereocenters. The van der Waals surface area contributed by atoms with Gasteiger partial charge in [-0.2, -0.15) is 0 Å². The number of allylic oxidation sites excluding steroid dienone is 2. The quantitative estimate of drug-likeness (QED) is 0.502. The Kier molecular flexibility index (Phi) is 1.46. The fraction of sp³-hybridized carbons (Fsp3) is 0.667. The summed E-state index contributed by atoms with van der Waals surface area (Å²) < 4.78 is 0. The summed E-state index contributed by atoms with van der Waals surface area (Å²) in [5.41, 5.74) is 2.36. The molecule has 0 amide bonds. The Labute approximate surface area is 62.1 Å². The van der Waals surface area contributed by atoms with Crippen LogP contribution in [0.5, 0.6) is 0 Å². The molecule has 10 heavy (non-hydrogen) atoms. The molecule has 0 heterocycles. The molecule has 0 atom stereocenters. The lowest BCUT2D eigenvalue weighted by molar-refractivity contribution is -0.115. The molecule has 0 saturated carbocycles. The summed E-state index contributed by atoms with van der Waals surface area (Å²) in [5, 5.41) is 0. The molecule has 0 aromatic rings. The second-order valence-electron chi connectivity index (χ2n) is 3.73. The van der Waals surface area contributed by atoms with Gasteiger partial charge < -0.3 is 0 Å². The third kappa shape index (κ3) is 0.898. The number of rotatable bonds is 0. The van der Waals surface area contributed by atoms with E-state index in [-0.39, 0.29) is 5.41 Å². The lowest BCUT2D eigenvalue weighted by Crippen LogP contribution is -2.08. The van der Waals surface area contributed by atoms with Gasteiger partial charge in [-0.15, -0.1) is 0 Å². The van der Waals surface area contributed by atoms with Gasteiger partial charge in [0, 0.05) is 6.42 Å². The molecule has 56 valence electrons. The van der Waals surface area contributed by atoms with Crippen LogP contribution in [0.3, 0.4) is 0 Å². The van der Waals surface area contributed by atoms with Crippen molar-refractivity contribution in [3.63, 3.8) is 0 Å². The van der Waals surface area contributed by atoms with Crippen molar-refractivity contribution in [2.45, 2.75) is 34.1 Å². The fourth-order valence-corrected chi connectivity index (χ4v) is 1.38. The largest absolute Gasteiger partial charge is 0.295 e. The summed E-state index contributed by atoms with van der Waals surface area (Å²) >= 11 is 0. The monoisotopic (exact) mass is 138 g/mol. The van der Waals surface area contributed by atoms with Crippen LogP contribution < -0.4 is 0 Å². The van der Waals surface area contributed by atoms with E-state index in [9.17, 15) is 4.79 Å². The highest BCUT2D eigenvalue weighted by atomic mass is 16.1. The van der Waals surface area contributed by atoms with Gasteiger partial charge in [0.2, 0.25) is 0 Å². The number of hydrogen-bond donors (Lipinski definition) is 0. The number of ketones is 1. The average Bonchev–Trinajstić information content (AvgIpc) is 1.95. The van der Waals surface area contributed by atoms with Gasteiger partial charge in [-0.25, -0.2) is 0 Å². The smallest absolute Gasteiger partial charge is 0.159 e. The van der Waals surface area contributed by atoms with Gasteiger partial charge in [0.05, 0.1) is 0 Å². The highest BCUT2D eigenvalue weighted by molar-refractivity contribution is 5.99. The fourth-order valence-electron chi connectivity index (χ4n) is 1.38. The lowest BCUT2D eigenvalue weighted by Gasteiger charge is -2.17. The molecule has 0 N–H and O–H groups in total. The summed E-state index contributed by atoms with van der Waals surface area (Å²) in [7, 11) is 0. The van der Waals surface area contributed by atoms with Gasteiger partial charge in [-0.3, -0.25) is 4.79 Å². The molecule has 1 aliphatic carbocycles. The minimum absolute atomic E-state index is 0.126. The highest BCUT2D eigenvalue weighted by Gasteiger charge is 2.32. The molecule has 0 saturated heterocycles. The average molecular weight is 138 g/mol. The van der Waals surface area contributed by atoms with E-state index < -0.39 is 0 Å². The second-order valence-corrected chi connectivity index (χ2v) is 3.73. The Morgan fingerprint density at radius 3 is 1.90 bits per heavy atom. The molecule has 0 radical (unpaired) electrons. The first-order valence-electron chi connectivity index (χ1n) is 3.66. The molecule has 0 aliphatic heterocycles. The van der Waals surface area contributed by atoms with Crippen molar-refractivity contribution in [3.8, 4) is 0 Å². The molecule has 0 fully saturated rings. The SMILES string of the molecule is CC1=C(C)C(C)(C)CC1=O. The van der Waals surface area contributed by atoms with E-state index in [0.717, 1.165) is 5.57 Å². The summed E-state index contributed by atoms with van der Waals surface area (Å²) in [6.45, 7) is 8.22. The third-order valence-electron chi connectivity index (χ3n) is 2.60. The lowest BCUT2D eigenvalue weighted by atomic mass is 9.86. The summed E-state index contributed by atoms with van der Waals surface area (Å²) in [6, 6.07) is 0. The van der Waals surface area contributed by atoms with Crippen LogP contribution in [-0.4, -0.2) is 5.78 Å². The summed E-state index contributed by atoms with van der Waals surface area (Å²) in [6.07, 6.45) is 0.699. The van der Waals surface area contributed by atoms with Gasteiger partial charge >= 0.3 is 0 Å². The number of Topliss-reactive ketones (excluding diaryl/α,β-unsaturated/α-hetero) is 1. The van der Waals surface area contributed by atoms with E-state index in [0.29, 0.717) is 12.2 Å². The van der Waals surface area contributed by atoms with E-state index in [1.807, 2.05) is 6.92 Å². The standard InChI is InChI=1S/C9H14O/c1-6-7(2)9(3,4)5-8(6)10/h5H2,1-4H3. The normalized spacial score (nSPS) is 24.2. The Bertz CT molecular complexity index is 209. The predicted octanol–water partition coefficient (Wildman–Crippen LogP) is 2.32. The van der Waals surface area contributed by atoms with Crippen LogP contribution in [0.1, 0.15) is 34.1 Å². The highest BCUT2D eigenvalue weighted by Crippen LogP contribution is 2.39. The van der Waals surface area contributed by atoms with E-state index in [4.69, 9.17) is 0 Å². The van der Waals surface area contributed by atoms with Crippen LogP contribution in [-0.2, 0) is 4.79 Å². The predicted molar refractivity (Wildman–Crippen MR) is 41.8 cm³/mol. The topological polar surface area (TPSA) is 17.1 Å². The number of carbonyl (C=O) groups excluding carboxylic acids is 1. The van der Waals surface area contributed by atoms with Crippen LogP contribution in [0.4, 0.5) is 0 Å². The second kappa shape index (κ2) is 1.94. The van der Waals surface area contributed by atoms with Crippen molar-refractivity contribution in [1.82, 2.24) is 0 Å². The molecular formula is C9H14O. The van der Waals surface area contributed by atoms with E-state index in [1.165, 1.54) is 5.57 Å². The molecule has 0 aromatic carbocycles. The Balaban J connectivity index is 3.06. The molecule has 1 heteroatoms. The van der Waals surface area contributed by atoms with E-state index >= 15 is 0 Å². The van der Waals surface area contributed by atoms with Crippen LogP contribution in [0.25, 0.3) is 0 Å². The zero-order chi connectivity index (χ0) is 7.94. The van der Waals surface area contributed by atoms with Gasteiger partial charge in [0.15, 0.2) is 5.78 Å². The van der Waals surface area contributed by atoms with Crippen molar-refractivity contribution in [2.24, 2.45) is 5.41 Å². The minimum atomic E-state index is 0.126. The molecule has 0 bridgehead atoms. The first kappa shape index (κ1) is 7.52. The van der Waals surface area contributed by atoms with Gasteiger partial charge in [0.1, 0.15) is 0 Å². The maximum absolute atomic E-state index is 11.1. The molecule has 0 aromatic heterocycles. The number of carbonyl (C=O) groups is 1. The third-order valence-corrected chi connectivity index (χ3v) is 2.60. The molecule has 0 spiro atoms. The summed E-state index contributed by atoms with van der Waals surface area (Å²) in [5.74, 6) is 0.322. The minimum Gasteiger partial charge on any atom is -0.295 e. The zero-order valence-corrected chi connectivity index (χ0v) is 7.12. The van der Waals surface area contributed by atoms with Crippen LogP contribution in [0.2, 0.25) is 0 Å². The van der Waals surface area contributed by atoms with Crippen LogP contribution in [0.15, 0.2) is 11.1 Å². The first-order chi connectivity index (χ1) is 4.45. The maximum atomic E-state index is 11.1. The molecule has 1 nitrogen and oxygen atoms in total. The van der Waals surface area contributed by atoms with E-state index in [2.05, 4.69) is 20.8 Å². The van der Waals surface area contributed by atoms with Crippen molar-refractivity contribution in [1.29, 1.82) is 0 Å². The Morgan fingerprint density at radius 1 is 1.30 bits per heavy atom. The van der Waals surface area contributed by atoms with Crippen LogP contribution >= 0.6 is 0 Å². The van der Waals surface area contributed by atoms with Crippen molar-refractivity contribution < 1.29 is 4.79 Å². The van der Waals surface area contributed by atoms with Crippen molar-refractivity contribution in [2.75, 3.05) is 0 Å². The molecule has 1 aliphatic rings. The van der Waals surface area contributed by atoms with Gasteiger partial charge in [0.25, 0.3) is 0 Å². The van der Waals surface area contributed by atoms with Gasteiger partial charge in [-0.1, -0.05) is 19.4 Å². The zero-order valence-electron chi connectivity index (χ0n) is 7.12. The Morgan fingerprint density at radius 2 is 1.80 bits per heavy atom. The van der Waals surface area contributed by atoms with E-state index in [1.54, 1.807) is 0 Å². The van der Waals surface area contributed by atoms with Crippen molar-refractivity contribution >= 4 is 5.78 Å². The Hall–Kier alpha value is -0.590. The molecule has 1 rings (SSSR count). The maximum Gasteiger partial charge on any atom is 0.159 e. The summed E-state index contributed by atoms with van der Waals surface area (Å²) in [4.78, 5) is 11.1. The number of hydrogen-bond acceptors (Lipinski definition) is 1. The molecular weight excluding hydrogens is 124 g/mol. The first-order valence-corrected chi connectivity index (χ1v) is 3.66.